The number of nitrogens with one attached hydrogen (secondary N) is 1. The van der Waals surface area contributed by atoms with Gasteiger partial charge in [-0.3, -0.25) is 10.3 Å². The van der Waals surface area contributed by atoms with Crippen molar-refractivity contribution in [1.82, 2.24) is 20.2 Å². The van der Waals surface area contributed by atoms with E-state index >= 15 is 4.39 Å². The molecule has 1 aromatic carbocycles. The maximum absolute atomic E-state index is 15.4. The van der Waals surface area contributed by atoms with Crippen LogP contribution in [0.3, 0.4) is 0 Å². The van der Waals surface area contributed by atoms with E-state index in [1.165, 1.54) is 13.2 Å². The van der Waals surface area contributed by atoms with Gasteiger partial charge >= 0.3 is 6.09 Å². The quantitative estimate of drug-likeness (QED) is 0.588. The fourth-order valence-corrected chi connectivity index (χ4v) is 4.89. The summed E-state index contributed by atoms with van der Waals surface area (Å²) in [5.74, 6) is -0.781. The molecule has 1 N–H and O–H groups in total. The molecule has 2 saturated heterocycles. The number of halogens is 2. The topological polar surface area (TPSA) is 83.1 Å². The maximum Gasteiger partial charge on any atom is 0.409 e. The number of carbonyl (C=O) groups excluding carboxylic acids is 1. The third-order valence-corrected chi connectivity index (χ3v) is 6.58. The Morgan fingerprint density at radius 1 is 1.25 bits per heavy atom. The first kappa shape index (κ1) is 24.1. The number of anilines is 3. The summed E-state index contributed by atoms with van der Waals surface area (Å²) in [6.07, 6.45) is 2.69. The Hall–Kier alpha value is -3.57. The SMILES string of the molecule is COC(=O)N1CCN(c2nc3cc(F)cc(F)c3c(N(c3cccnc3)C3COCCN3)c2C)CC1. The summed E-state index contributed by atoms with van der Waals surface area (Å²) in [5.41, 5.74) is 2.25. The predicted molar refractivity (Wildman–Crippen MR) is 132 cm³/mol. The molecule has 11 heteroatoms. The summed E-state index contributed by atoms with van der Waals surface area (Å²) in [7, 11) is 1.36. The Morgan fingerprint density at radius 3 is 2.72 bits per heavy atom. The Bertz CT molecular complexity index is 1250. The average molecular weight is 499 g/mol. The maximum atomic E-state index is 15.4. The molecule has 0 bridgehead atoms. The van der Waals surface area contributed by atoms with Gasteiger partial charge in [0.25, 0.3) is 0 Å². The number of hydrogen-bond donors (Lipinski definition) is 1. The lowest BCUT2D eigenvalue weighted by Gasteiger charge is -2.40. The molecule has 9 nitrogen and oxygen atoms in total. The second-order valence-electron chi connectivity index (χ2n) is 8.76. The van der Waals surface area contributed by atoms with Gasteiger partial charge in [0, 0.05) is 56.6 Å². The first-order valence-corrected chi connectivity index (χ1v) is 11.9. The lowest BCUT2D eigenvalue weighted by molar-refractivity contribution is 0.0788. The van der Waals surface area contributed by atoms with E-state index in [-0.39, 0.29) is 23.2 Å². The number of nitrogens with zero attached hydrogens (tertiary/aromatic N) is 5. The fourth-order valence-electron chi connectivity index (χ4n) is 4.89. The van der Waals surface area contributed by atoms with Crippen LogP contribution in [0.15, 0.2) is 36.7 Å². The number of methoxy groups -OCH3 is 1. The first-order chi connectivity index (χ1) is 17.5. The summed E-state index contributed by atoms with van der Waals surface area (Å²) in [6, 6.07) is 5.84. The van der Waals surface area contributed by atoms with Crippen LogP contribution in [0.2, 0.25) is 0 Å². The van der Waals surface area contributed by atoms with Gasteiger partial charge in [0.15, 0.2) is 0 Å². The molecule has 190 valence electrons. The van der Waals surface area contributed by atoms with E-state index in [1.54, 1.807) is 17.3 Å². The van der Waals surface area contributed by atoms with Gasteiger partial charge in [-0.05, 0) is 19.1 Å². The monoisotopic (exact) mass is 498 g/mol. The molecule has 2 fully saturated rings. The minimum Gasteiger partial charge on any atom is -0.453 e. The van der Waals surface area contributed by atoms with Crippen molar-refractivity contribution in [3.05, 3.63) is 53.9 Å². The van der Waals surface area contributed by atoms with E-state index in [9.17, 15) is 9.18 Å². The van der Waals surface area contributed by atoms with Gasteiger partial charge in [-0.25, -0.2) is 18.6 Å². The summed E-state index contributed by atoms with van der Waals surface area (Å²) >= 11 is 0. The van der Waals surface area contributed by atoms with Gasteiger partial charge in [-0.2, -0.15) is 0 Å². The number of rotatable bonds is 4. The third-order valence-electron chi connectivity index (χ3n) is 6.58. The molecule has 1 atom stereocenters. The molecule has 36 heavy (non-hydrogen) atoms. The third kappa shape index (κ3) is 4.51. The summed E-state index contributed by atoms with van der Waals surface area (Å²) in [5, 5.41) is 3.67. The lowest BCUT2D eigenvalue weighted by atomic mass is 10.0. The zero-order chi connectivity index (χ0) is 25.2. The number of pyridine rings is 2. The number of aromatic nitrogens is 2. The summed E-state index contributed by atoms with van der Waals surface area (Å²) < 4.78 is 40.4. The minimum atomic E-state index is -0.698. The van der Waals surface area contributed by atoms with Crippen molar-refractivity contribution in [1.29, 1.82) is 0 Å². The normalized spacial score (nSPS) is 18.4. The van der Waals surface area contributed by atoms with E-state index in [0.717, 1.165) is 17.3 Å². The fraction of sp³-hybridized carbons (Fsp3) is 0.400. The molecular weight excluding hydrogens is 470 g/mol. The van der Waals surface area contributed by atoms with Crippen LogP contribution in [0, 0.1) is 18.6 Å². The molecule has 0 aliphatic carbocycles. The van der Waals surface area contributed by atoms with Crippen LogP contribution in [0.5, 0.6) is 0 Å². The standard InChI is InChI=1S/C25H28F2N6O3/c1-16-23(33(18-4-3-5-28-14-18)21-15-36-11-6-29-21)22-19(27)12-17(26)13-20(22)30-24(16)31-7-9-32(10-8-31)25(34)35-2/h3-5,12-14,21,29H,6-11,15H2,1-2H3. The Labute approximate surface area is 207 Å². The number of fused-ring (bicyclic) bond motifs is 1. The van der Waals surface area contributed by atoms with Crippen LogP contribution in [0.25, 0.3) is 10.9 Å². The van der Waals surface area contributed by atoms with Crippen molar-refractivity contribution < 1.29 is 23.0 Å². The average Bonchev–Trinajstić information content (AvgIpc) is 2.91. The van der Waals surface area contributed by atoms with Crippen molar-refractivity contribution >= 4 is 34.2 Å². The zero-order valence-electron chi connectivity index (χ0n) is 20.2. The molecule has 4 heterocycles. The van der Waals surface area contributed by atoms with Crippen LogP contribution in [-0.2, 0) is 9.47 Å². The second-order valence-corrected chi connectivity index (χ2v) is 8.76. The van der Waals surface area contributed by atoms with Crippen molar-refractivity contribution in [3.8, 4) is 0 Å². The molecule has 2 aliphatic heterocycles. The van der Waals surface area contributed by atoms with Gasteiger partial charge in [-0.15, -0.1) is 0 Å². The number of benzene rings is 1. The Balaban J connectivity index is 1.67. The van der Waals surface area contributed by atoms with Gasteiger partial charge in [0.1, 0.15) is 23.6 Å². The largest absolute Gasteiger partial charge is 0.453 e. The molecule has 0 saturated carbocycles. The number of piperazine rings is 1. The smallest absolute Gasteiger partial charge is 0.409 e. The number of ether oxygens (including phenoxy) is 2. The number of morpholine rings is 1. The van der Waals surface area contributed by atoms with E-state index in [2.05, 4.69) is 10.3 Å². The van der Waals surface area contributed by atoms with E-state index in [1.807, 2.05) is 28.9 Å². The summed E-state index contributed by atoms with van der Waals surface area (Å²) in [6.45, 7) is 5.36. The highest BCUT2D eigenvalue weighted by atomic mass is 19.1. The molecule has 2 aromatic heterocycles. The summed E-state index contributed by atoms with van der Waals surface area (Å²) in [4.78, 5) is 26.6. The highest BCUT2D eigenvalue weighted by Crippen LogP contribution is 2.41. The molecule has 1 amide bonds. The molecule has 0 spiro atoms. The highest BCUT2D eigenvalue weighted by Gasteiger charge is 2.31. The van der Waals surface area contributed by atoms with E-state index in [4.69, 9.17) is 14.5 Å². The van der Waals surface area contributed by atoms with Gasteiger partial charge in [0.2, 0.25) is 0 Å². The van der Waals surface area contributed by atoms with Crippen LogP contribution >= 0.6 is 0 Å². The van der Waals surface area contributed by atoms with Crippen LogP contribution in [-0.4, -0.2) is 80.2 Å². The van der Waals surface area contributed by atoms with Crippen molar-refractivity contribution in [2.45, 2.75) is 13.1 Å². The van der Waals surface area contributed by atoms with Crippen LogP contribution in [0.1, 0.15) is 5.56 Å². The number of amides is 1. The molecule has 5 rings (SSSR count). The molecule has 2 aliphatic rings. The Morgan fingerprint density at radius 2 is 2.06 bits per heavy atom. The molecular formula is C25H28F2N6O3. The molecule has 0 radical (unpaired) electrons. The first-order valence-electron chi connectivity index (χ1n) is 11.9. The molecule has 3 aromatic rings. The van der Waals surface area contributed by atoms with Crippen molar-refractivity contribution in [2.75, 3.05) is 62.8 Å². The Kier molecular flexibility index (Phi) is 6.84. The van der Waals surface area contributed by atoms with Gasteiger partial charge in [-0.1, -0.05) is 0 Å². The minimum absolute atomic E-state index is 0.212. The lowest BCUT2D eigenvalue weighted by Crippen LogP contribution is -2.52. The predicted octanol–water partition coefficient (Wildman–Crippen LogP) is 3.19. The second kappa shape index (κ2) is 10.2. The van der Waals surface area contributed by atoms with Crippen LogP contribution < -0.4 is 15.1 Å². The zero-order valence-corrected chi connectivity index (χ0v) is 20.2. The van der Waals surface area contributed by atoms with Crippen molar-refractivity contribution in [2.24, 2.45) is 0 Å². The van der Waals surface area contributed by atoms with E-state index in [0.29, 0.717) is 57.4 Å². The number of hydrogen-bond acceptors (Lipinski definition) is 8. The van der Waals surface area contributed by atoms with Crippen molar-refractivity contribution in [3.63, 3.8) is 0 Å². The van der Waals surface area contributed by atoms with Crippen LogP contribution in [0.4, 0.5) is 30.8 Å². The number of carbonyl (C=O) groups is 1. The molecule has 1 unspecified atom stereocenters. The van der Waals surface area contributed by atoms with Gasteiger partial charge < -0.3 is 24.2 Å². The van der Waals surface area contributed by atoms with E-state index < -0.39 is 11.6 Å². The van der Waals surface area contributed by atoms with Gasteiger partial charge in [0.05, 0.1) is 48.8 Å². The highest BCUT2D eigenvalue weighted by molar-refractivity contribution is 5.98.